The van der Waals surface area contributed by atoms with E-state index < -0.39 is 11.9 Å². The number of carbonyl (C=O) groups is 2. The first-order valence-electron chi connectivity index (χ1n) is 5.06. The average molecular weight is 442 g/mol. The van der Waals surface area contributed by atoms with Crippen molar-refractivity contribution in [2.24, 2.45) is 0 Å². The second-order valence-electron chi connectivity index (χ2n) is 3.47. The van der Waals surface area contributed by atoms with Crippen LogP contribution < -0.4 is 0 Å². The summed E-state index contributed by atoms with van der Waals surface area (Å²) in [7, 11) is 0. The quantitative estimate of drug-likeness (QED) is 0.689. The maximum absolute atomic E-state index is 11.1. The maximum atomic E-state index is 11.1. The van der Waals surface area contributed by atoms with Gasteiger partial charge in [-0.25, -0.2) is 19.6 Å². The van der Waals surface area contributed by atoms with E-state index in [1.165, 1.54) is 0 Å². The van der Waals surface area contributed by atoms with E-state index in [1.807, 2.05) is 0 Å². The number of rotatable bonds is 5. The third-order valence-electron chi connectivity index (χ3n) is 2.22. The first-order valence-corrected chi connectivity index (χ1v) is 8.93. The third-order valence-corrected chi connectivity index (χ3v) is 5.60. The molecule has 0 amide bonds. The van der Waals surface area contributed by atoms with Gasteiger partial charge in [-0.3, -0.25) is 0 Å². The van der Waals surface area contributed by atoms with Crippen molar-refractivity contribution >= 4 is 66.5 Å². The molecule has 0 aliphatic carbocycles. The summed E-state index contributed by atoms with van der Waals surface area (Å²) in [6, 6.07) is 0. The lowest BCUT2D eigenvalue weighted by Gasteiger charge is -1.88. The van der Waals surface area contributed by atoms with Crippen LogP contribution in [-0.4, -0.2) is 32.1 Å². The second-order valence-corrected chi connectivity index (χ2v) is 6.59. The Morgan fingerprint density at radius 1 is 0.900 bits per heavy atom. The molecule has 2 heterocycles. The first kappa shape index (κ1) is 15.5. The molecule has 6 nitrogen and oxygen atoms in total. The number of carboxylic acids is 2. The summed E-state index contributed by atoms with van der Waals surface area (Å²) >= 11 is 8.34. The van der Waals surface area contributed by atoms with Crippen LogP contribution in [-0.2, 0) is 10.7 Å². The van der Waals surface area contributed by atoms with Crippen molar-refractivity contribution in [3.63, 3.8) is 0 Å². The number of hydrogen-bond donors (Lipinski definition) is 2. The van der Waals surface area contributed by atoms with Gasteiger partial charge in [0, 0.05) is 10.7 Å². The lowest BCUT2D eigenvalue weighted by atomic mass is 10.4. The molecule has 2 aromatic rings. The molecule has 0 aliphatic rings. The Labute approximate surface area is 137 Å². The molecule has 0 aromatic carbocycles. The van der Waals surface area contributed by atoms with Crippen molar-refractivity contribution in [3.05, 3.63) is 21.1 Å². The standard InChI is InChI=1S/C10H6Br2N2O4S2/c11-1-3-5(9(15)16)19-7(13-3)8-14-4(2-12)6(20-8)10(17)18/h1-2H2,(H,15,16)(H,17,18). The van der Waals surface area contributed by atoms with Crippen molar-refractivity contribution in [3.8, 4) is 10.0 Å². The fourth-order valence-corrected chi connectivity index (χ4v) is 4.44. The topological polar surface area (TPSA) is 100 Å². The SMILES string of the molecule is O=C(O)c1sc(-c2nc(CBr)c(C(=O)O)s2)nc1CBr. The van der Waals surface area contributed by atoms with Crippen molar-refractivity contribution in [2.45, 2.75) is 10.7 Å². The van der Waals surface area contributed by atoms with Gasteiger partial charge in [-0.05, 0) is 0 Å². The normalized spacial score (nSPS) is 10.7. The Bertz CT molecular complexity index is 625. The molecule has 10 heteroatoms. The largest absolute Gasteiger partial charge is 0.477 e. The van der Waals surface area contributed by atoms with Gasteiger partial charge in [0.1, 0.15) is 9.75 Å². The van der Waals surface area contributed by atoms with E-state index in [2.05, 4.69) is 41.8 Å². The van der Waals surface area contributed by atoms with Gasteiger partial charge >= 0.3 is 11.9 Å². The molecule has 0 bridgehead atoms. The molecule has 0 saturated carbocycles. The zero-order chi connectivity index (χ0) is 14.9. The molecular formula is C10H6Br2N2O4S2. The van der Waals surface area contributed by atoms with Crippen LogP contribution in [0.5, 0.6) is 0 Å². The summed E-state index contributed by atoms with van der Waals surface area (Å²) in [5.74, 6) is -2.11. The minimum absolute atomic E-state index is 0.129. The van der Waals surface area contributed by atoms with Crippen molar-refractivity contribution in [1.29, 1.82) is 0 Å². The molecule has 0 radical (unpaired) electrons. The minimum atomic E-state index is -1.06. The average Bonchev–Trinajstić information content (AvgIpc) is 3.01. The van der Waals surface area contributed by atoms with Gasteiger partial charge in [0.05, 0.1) is 11.4 Å². The van der Waals surface area contributed by atoms with Crippen LogP contribution >= 0.6 is 54.5 Å². The summed E-state index contributed by atoms with van der Waals surface area (Å²) in [6.07, 6.45) is 0. The summed E-state index contributed by atoms with van der Waals surface area (Å²) in [5.41, 5.74) is 0.815. The van der Waals surface area contributed by atoms with Gasteiger partial charge in [0.15, 0.2) is 10.0 Å². The van der Waals surface area contributed by atoms with Crippen LogP contribution in [0.2, 0.25) is 0 Å². The molecule has 106 valence electrons. The van der Waals surface area contributed by atoms with Crippen LogP contribution in [0.4, 0.5) is 0 Å². The van der Waals surface area contributed by atoms with Gasteiger partial charge in [-0.2, -0.15) is 0 Å². The molecule has 2 aromatic heterocycles. The summed E-state index contributed by atoms with van der Waals surface area (Å²) in [4.78, 5) is 30.8. The van der Waals surface area contributed by atoms with E-state index >= 15 is 0 Å². The van der Waals surface area contributed by atoms with E-state index in [9.17, 15) is 9.59 Å². The van der Waals surface area contributed by atoms with Crippen molar-refractivity contribution in [1.82, 2.24) is 9.97 Å². The zero-order valence-electron chi connectivity index (χ0n) is 9.59. The number of carboxylic acid groups (broad SMARTS) is 2. The minimum Gasteiger partial charge on any atom is -0.477 e. The van der Waals surface area contributed by atoms with Crippen molar-refractivity contribution < 1.29 is 19.8 Å². The molecule has 0 aliphatic heterocycles. The van der Waals surface area contributed by atoms with E-state index in [0.717, 1.165) is 22.7 Å². The lowest BCUT2D eigenvalue weighted by molar-refractivity contribution is 0.0690. The van der Waals surface area contributed by atoms with Crippen LogP contribution in [0, 0.1) is 0 Å². The van der Waals surface area contributed by atoms with Gasteiger partial charge in [-0.15, -0.1) is 22.7 Å². The second kappa shape index (κ2) is 6.29. The van der Waals surface area contributed by atoms with Gasteiger partial charge in [0.2, 0.25) is 0 Å². The van der Waals surface area contributed by atoms with Crippen LogP contribution in [0.15, 0.2) is 0 Å². The third kappa shape index (κ3) is 2.92. The number of thiazole rings is 2. The fourth-order valence-electron chi connectivity index (χ4n) is 1.40. The fraction of sp³-hybridized carbons (Fsp3) is 0.200. The number of halogens is 2. The van der Waals surface area contributed by atoms with E-state index in [-0.39, 0.29) is 9.75 Å². The zero-order valence-corrected chi connectivity index (χ0v) is 14.4. The molecule has 20 heavy (non-hydrogen) atoms. The Balaban J connectivity index is 2.51. The Kier molecular flexibility index (Phi) is 4.89. The van der Waals surface area contributed by atoms with Crippen molar-refractivity contribution in [2.75, 3.05) is 0 Å². The molecule has 0 unspecified atom stereocenters. The van der Waals surface area contributed by atoms with Crippen LogP contribution in [0.3, 0.4) is 0 Å². The molecule has 0 spiro atoms. The number of aromatic carboxylic acids is 2. The van der Waals surface area contributed by atoms with Crippen LogP contribution in [0.1, 0.15) is 30.7 Å². The predicted octanol–water partition coefficient (Wildman–Crippen LogP) is 3.45. The Hall–Kier alpha value is -0.840. The van der Waals surface area contributed by atoms with Gasteiger partial charge in [-0.1, -0.05) is 31.9 Å². The van der Waals surface area contributed by atoms with E-state index in [4.69, 9.17) is 10.2 Å². The van der Waals surface area contributed by atoms with Crippen LogP contribution in [0.25, 0.3) is 10.0 Å². The number of aromatic nitrogens is 2. The van der Waals surface area contributed by atoms with Gasteiger partial charge < -0.3 is 10.2 Å². The molecule has 0 atom stereocenters. The summed E-state index contributed by atoms with van der Waals surface area (Å²) in [6.45, 7) is 0. The number of hydrogen-bond acceptors (Lipinski definition) is 6. The first-order chi connectivity index (χ1) is 9.47. The highest BCUT2D eigenvalue weighted by Gasteiger charge is 2.22. The smallest absolute Gasteiger partial charge is 0.347 e. The molecule has 2 N–H and O–H groups in total. The Morgan fingerprint density at radius 2 is 1.25 bits per heavy atom. The highest BCUT2D eigenvalue weighted by molar-refractivity contribution is 9.08. The number of nitrogens with zero attached hydrogens (tertiary/aromatic N) is 2. The van der Waals surface area contributed by atoms with E-state index in [1.54, 1.807) is 0 Å². The number of alkyl halides is 2. The highest BCUT2D eigenvalue weighted by Crippen LogP contribution is 2.34. The molecule has 2 rings (SSSR count). The Morgan fingerprint density at radius 3 is 1.45 bits per heavy atom. The monoisotopic (exact) mass is 440 g/mol. The van der Waals surface area contributed by atoms with Gasteiger partial charge in [0.25, 0.3) is 0 Å². The molecule has 0 saturated heterocycles. The highest BCUT2D eigenvalue weighted by atomic mass is 79.9. The summed E-state index contributed by atoms with van der Waals surface area (Å²) in [5, 5.41) is 19.6. The lowest BCUT2D eigenvalue weighted by Crippen LogP contribution is -1.96. The predicted molar refractivity (Wildman–Crippen MR) is 82.4 cm³/mol. The molecular weight excluding hydrogens is 436 g/mol. The van der Waals surface area contributed by atoms with E-state index in [0.29, 0.717) is 32.1 Å². The maximum Gasteiger partial charge on any atom is 0.347 e. The summed E-state index contributed by atoms with van der Waals surface area (Å²) < 4.78 is 0. The molecule has 0 fully saturated rings.